The lowest BCUT2D eigenvalue weighted by Crippen LogP contribution is -2.54. The number of hydrogen-bond acceptors (Lipinski definition) is 3. The first-order chi connectivity index (χ1) is 9.60. The Morgan fingerprint density at radius 1 is 1.05 bits per heavy atom. The van der Waals surface area contributed by atoms with Crippen LogP contribution in [0.15, 0.2) is 0 Å². The van der Waals surface area contributed by atoms with Gasteiger partial charge in [-0.1, -0.05) is 39.0 Å². The van der Waals surface area contributed by atoms with E-state index in [1.807, 2.05) is 6.92 Å². The molecule has 0 spiro atoms. The minimum absolute atomic E-state index is 0.0584. The van der Waals surface area contributed by atoms with E-state index in [0.717, 1.165) is 44.9 Å². The van der Waals surface area contributed by atoms with Crippen molar-refractivity contribution in [2.75, 3.05) is 13.2 Å². The fourth-order valence-corrected chi connectivity index (χ4v) is 2.81. The molecular formula is C16H29NO3. The van der Waals surface area contributed by atoms with E-state index < -0.39 is 5.54 Å². The quantitative estimate of drug-likeness (QED) is 0.731. The number of nitrogens with one attached hydrogen (secondary N) is 1. The molecule has 1 rings (SSSR count). The molecule has 1 saturated carbocycles. The van der Waals surface area contributed by atoms with E-state index in [-0.39, 0.29) is 11.7 Å². The highest BCUT2D eigenvalue weighted by Crippen LogP contribution is 2.27. The van der Waals surface area contributed by atoms with Crippen molar-refractivity contribution in [3.05, 3.63) is 0 Å². The average Bonchev–Trinajstić information content (AvgIpc) is 2.38. The van der Waals surface area contributed by atoms with Crippen molar-refractivity contribution in [2.24, 2.45) is 0 Å². The molecule has 0 unspecified atom stereocenters. The van der Waals surface area contributed by atoms with Crippen molar-refractivity contribution < 1.29 is 14.3 Å². The minimum atomic E-state index is -0.623. The van der Waals surface area contributed by atoms with Gasteiger partial charge in [0.2, 0.25) is 5.91 Å². The summed E-state index contributed by atoms with van der Waals surface area (Å²) in [4.78, 5) is 24.1. The van der Waals surface area contributed by atoms with Gasteiger partial charge in [0.25, 0.3) is 0 Å². The summed E-state index contributed by atoms with van der Waals surface area (Å²) in [6, 6.07) is 0. The number of amides is 1. The number of Topliss-reactive ketones (excluding diaryl/α,β-unsaturated/α-hetero) is 1. The molecule has 0 atom stereocenters. The predicted octanol–water partition coefficient (Wildman–Crippen LogP) is 2.99. The number of ether oxygens (including phenoxy) is 1. The molecule has 1 N–H and O–H groups in total. The normalized spacial score (nSPS) is 18.9. The SMILES string of the molecule is CCCOCCC(=O)NC1(C(C)=O)CCCCCCC1. The van der Waals surface area contributed by atoms with Gasteiger partial charge in [0.15, 0.2) is 5.78 Å². The second-order valence-electron chi connectivity index (χ2n) is 5.82. The first kappa shape index (κ1) is 17.2. The van der Waals surface area contributed by atoms with Gasteiger partial charge in [0.05, 0.1) is 12.1 Å². The lowest BCUT2D eigenvalue weighted by molar-refractivity contribution is -0.132. The molecule has 1 aliphatic rings. The first-order valence-corrected chi connectivity index (χ1v) is 8.00. The summed E-state index contributed by atoms with van der Waals surface area (Å²) < 4.78 is 5.33. The molecule has 0 saturated heterocycles. The molecule has 116 valence electrons. The number of hydrogen-bond donors (Lipinski definition) is 1. The Bertz CT molecular complexity index is 307. The van der Waals surface area contributed by atoms with E-state index in [1.165, 1.54) is 6.42 Å². The van der Waals surface area contributed by atoms with E-state index in [4.69, 9.17) is 4.74 Å². The Morgan fingerprint density at radius 2 is 1.65 bits per heavy atom. The van der Waals surface area contributed by atoms with Crippen LogP contribution in [0.3, 0.4) is 0 Å². The van der Waals surface area contributed by atoms with Crippen LogP contribution in [0.25, 0.3) is 0 Å². The van der Waals surface area contributed by atoms with Gasteiger partial charge in [-0.15, -0.1) is 0 Å². The zero-order valence-corrected chi connectivity index (χ0v) is 13.0. The van der Waals surface area contributed by atoms with Crippen molar-refractivity contribution >= 4 is 11.7 Å². The van der Waals surface area contributed by atoms with Crippen LogP contribution in [0.2, 0.25) is 0 Å². The molecule has 0 aliphatic heterocycles. The van der Waals surface area contributed by atoms with Crippen LogP contribution in [0, 0.1) is 0 Å². The summed E-state index contributed by atoms with van der Waals surface area (Å²) in [5, 5.41) is 3.01. The zero-order valence-electron chi connectivity index (χ0n) is 13.0. The van der Waals surface area contributed by atoms with E-state index in [9.17, 15) is 9.59 Å². The maximum atomic E-state index is 12.1. The summed E-state index contributed by atoms with van der Waals surface area (Å²) in [6.07, 6.45) is 8.46. The Kier molecular flexibility index (Phi) is 7.82. The minimum Gasteiger partial charge on any atom is -0.381 e. The molecule has 0 aromatic heterocycles. The van der Waals surface area contributed by atoms with Crippen LogP contribution in [-0.4, -0.2) is 30.4 Å². The van der Waals surface area contributed by atoms with E-state index in [2.05, 4.69) is 5.32 Å². The zero-order chi connectivity index (χ0) is 14.8. The topological polar surface area (TPSA) is 55.4 Å². The Morgan fingerprint density at radius 3 is 2.20 bits per heavy atom. The number of ketones is 1. The molecule has 0 aromatic rings. The maximum absolute atomic E-state index is 12.1. The molecule has 1 aliphatic carbocycles. The number of carbonyl (C=O) groups excluding carboxylic acids is 2. The highest BCUT2D eigenvalue weighted by molar-refractivity contribution is 5.91. The summed E-state index contributed by atoms with van der Waals surface area (Å²) in [5.74, 6) is 0.0408. The van der Waals surface area contributed by atoms with Crippen LogP contribution >= 0.6 is 0 Å². The summed E-state index contributed by atoms with van der Waals surface area (Å²) >= 11 is 0. The van der Waals surface area contributed by atoms with Crippen molar-refractivity contribution in [1.29, 1.82) is 0 Å². The Balaban J connectivity index is 2.51. The van der Waals surface area contributed by atoms with Crippen molar-refractivity contribution in [2.45, 2.75) is 77.2 Å². The maximum Gasteiger partial charge on any atom is 0.223 e. The van der Waals surface area contributed by atoms with Gasteiger partial charge in [0, 0.05) is 13.0 Å². The summed E-state index contributed by atoms with van der Waals surface area (Å²) in [6.45, 7) is 4.77. The third-order valence-electron chi connectivity index (χ3n) is 4.08. The smallest absolute Gasteiger partial charge is 0.223 e. The van der Waals surface area contributed by atoms with Crippen LogP contribution in [0.4, 0.5) is 0 Å². The van der Waals surface area contributed by atoms with Crippen LogP contribution in [0.5, 0.6) is 0 Å². The molecule has 1 fully saturated rings. The highest BCUT2D eigenvalue weighted by Gasteiger charge is 2.36. The van der Waals surface area contributed by atoms with Crippen molar-refractivity contribution in [3.63, 3.8) is 0 Å². The second-order valence-corrected chi connectivity index (χ2v) is 5.82. The molecule has 0 bridgehead atoms. The second kappa shape index (κ2) is 9.11. The third-order valence-corrected chi connectivity index (χ3v) is 4.08. The van der Waals surface area contributed by atoms with Gasteiger partial charge in [-0.25, -0.2) is 0 Å². The van der Waals surface area contributed by atoms with Gasteiger partial charge < -0.3 is 10.1 Å². The predicted molar refractivity (Wildman–Crippen MR) is 79.6 cm³/mol. The number of carbonyl (C=O) groups is 2. The third kappa shape index (κ3) is 5.61. The van der Waals surface area contributed by atoms with Crippen LogP contribution in [0.1, 0.15) is 71.6 Å². The van der Waals surface area contributed by atoms with Gasteiger partial charge in [-0.2, -0.15) is 0 Å². The average molecular weight is 283 g/mol. The molecule has 4 heteroatoms. The Hall–Kier alpha value is -0.900. The summed E-state index contributed by atoms with van der Waals surface area (Å²) in [5.41, 5.74) is -0.623. The largest absolute Gasteiger partial charge is 0.381 e. The van der Waals surface area contributed by atoms with E-state index in [1.54, 1.807) is 6.92 Å². The standard InChI is InChI=1S/C16H29NO3/c1-3-12-20-13-9-15(19)17-16(14(2)18)10-7-5-4-6-8-11-16/h3-13H2,1-2H3,(H,17,19). The lowest BCUT2D eigenvalue weighted by atomic mass is 9.81. The molecule has 1 amide bonds. The fourth-order valence-electron chi connectivity index (χ4n) is 2.81. The van der Waals surface area contributed by atoms with Crippen molar-refractivity contribution in [1.82, 2.24) is 5.32 Å². The van der Waals surface area contributed by atoms with Gasteiger partial charge in [0.1, 0.15) is 0 Å². The fraction of sp³-hybridized carbons (Fsp3) is 0.875. The van der Waals surface area contributed by atoms with E-state index in [0.29, 0.717) is 19.6 Å². The lowest BCUT2D eigenvalue weighted by Gasteiger charge is -2.34. The molecule has 0 radical (unpaired) electrons. The monoisotopic (exact) mass is 283 g/mol. The molecule has 0 heterocycles. The highest BCUT2D eigenvalue weighted by atomic mass is 16.5. The van der Waals surface area contributed by atoms with E-state index >= 15 is 0 Å². The van der Waals surface area contributed by atoms with Gasteiger partial charge >= 0.3 is 0 Å². The van der Waals surface area contributed by atoms with Gasteiger partial charge in [-0.05, 0) is 26.2 Å². The van der Waals surface area contributed by atoms with Gasteiger partial charge in [-0.3, -0.25) is 9.59 Å². The number of rotatable bonds is 7. The molecule has 0 aromatic carbocycles. The first-order valence-electron chi connectivity index (χ1n) is 8.00. The summed E-state index contributed by atoms with van der Waals surface area (Å²) in [7, 11) is 0. The van der Waals surface area contributed by atoms with Crippen molar-refractivity contribution in [3.8, 4) is 0 Å². The Labute approximate surface area is 122 Å². The van der Waals surface area contributed by atoms with Crippen LogP contribution in [-0.2, 0) is 14.3 Å². The molecular weight excluding hydrogens is 254 g/mol. The van der Waals surface area contributed by atoms with Crippen LogP contribution < -0.4 is 5.32 Å². The molecule has 20 heavy (non-hydrogen) atoms. The molecule has 4 nitrogen and oxygen atoms in total.